The number of carbonyl (C=O) groups excluding carboxylic acids is 1. The first-order valence-electron chi connectivity index (χ1n) is 5.75. The summed E-state index contributed by atoms with van der Waals surface area (Å²) in [5.41, 5.74) is 2.36. The highest BCUT2D eigenvalue weighted by Gasteiger charge is 2.02. The molecule has 0 atom stereocenters. The third-order valence-corrected chi connectivity index (χ3v) is 2.57. The Labute approximate surface area is 102 Å². The molecule has 1 aromatic carbocycles. The van der Waals surface area contributed by atoms with Gasteiger partial charge in [0.15, 0.2) is 0 Å². The van der Waals surface area contributed by atoms with Crippen molar-refractivity contribution < 1.29 is 9.53 Å². The van der Waals surface area contributed by atoms with Gasteiger partial charge in [-0.05, 0) is 38.1 Å². The van der Waals surface area contributed by atoms with Crippen LogP contribution in [0.3, 0.4) is 0 Å². The second-order valence-corrected chi connectivity index (χ2v) is 3.93. The number of hydrogen-bond acceptors (Lipinski definition) is 3. The number of amides is 1. The smallest absolute Gasteiger partial charge is 0.234 e. The number of hydrogen-bond donors (Lipinski definition) is 2. The molecule has 0 saturated carbocycles. The molecule has 0 aromatic heterocycles. The summed E-state index contributed by atoms with van der Waals surface area (Å²) < 4.78 is 5.61. The van der Waals surface area contributed by atoms with E-state index in [2.05, 4.69) is 23.6 Å². The van der Waals surface area contributed by atoms with Crippen LogP contribution in [0.15, 0.2) is 18.2 Å². The maximum atomic E-state index is 11.1. The largest absolute Gasteiger partial charge is 0.491 e. The first kappa shape index (κ1) is 13.5. The lowest BCUT2D eigenvalue weighted by Crippen LogP contribution is -2.34. The number of rotatable bonds is 6. The van der Waals surface area contributed by atoms with E-state index in [0.29, 0.717) is 19.7 Å². The summed E-state index contributed by atoms with van der Waals surface area (Å²) in [6, 6.07) is 5.96. The van der Waals surface area contributed by atoms with E-state index in [1.807, 2.05) is 19.1 Å². The van der Waals surface area contributed by atoms with Gasteiger partial charge in [0.2, 0.25) is 5.91 Å². The van der Waals surface area contributed by atoms with Crippen LogP contribution in [0, 0.1) is 13.8 Å². The van der Waals surface area contributed by atoms with Crippen LogP contribution >= 0.6 is 0 Å². The quantitative estimate of drug-likeness (QED) is 0.725. The van der Waals surface area contributed by atoms with Crippen molar-refractivity contribution in [1.29, 1.82) is 0 Å². The molecule has 0 bridgehead atoms. The van der Waals surface area contributed by atoms with Gasteiger partial charge in [0.05, 0.1) is 13.1 Å². The minimum Gasteiger partial charge on any atom is -0.491 e. The minimum atomic E-state index is -0.0166. The van der Waals surface area contributed by atoms with E-state index < -0.39 is 0 Å². The zero-order valence-electron chi connectivity index (χ0n) is 10.7. The molecule has 1 aromatic rings. The number of benzene rings is 1. The van der Waals surface area contributed by atoms with Crippen LogP contribution in [0.25, 0.3) is 0 Å². The second kappa shape index (κ2) is 6.91. The highest BCUT2D eigenvalue weighted by Crippen LogP contribution is 2.20. The van der Waals surface area contributed by atoms with Gasteiger partial charge in [-0.3, -0.25) is 4.79 Å². The highest BCUT2D eigenvalue weighted by molar-refractivity contribution is 5.77. The molecule has 0 unspecified atom stereocenters. The first-order chi connectivity index (χ1) is 8.15. The fourth-order valence-corrected chi connectivity index (χ4v) is 1.46. The Morgan fingerprint density at radius 3 is 2.82 bits per heavy atom. The fraction of sp³-hybridized carbons (Fsp3) is 0.462. The highest BCUT2D eigenvalue weighted by atomic mass is 16.5. The predicted molar refractivity (Wildman–Crippen MR) is 68.3 cm³/mol. The van der Waals surface area contributed by atoms with E-state index in [-0.39, 0.29) is 5.91 Å². The molecule has 94 valence electrons. The van der Waals surface area contributed by atoms with Crippen molar-refractivity contribution in [1.82, 2.24) is 10.6 Å². The van der Waals surface area contributed by atoms with E-state index in [1.165, 1.54) is 5.56 Å². The van der Waals surface area contributed by atoms with E-state index >= 15 is 0 Å². The number of carbonyl (C=O) groups is 1. The minimum absolute atomic E-state index is 0.0166. The van der Waals surface area contributed by atoms with E-state index in [1.54, 1.807) is 7.05 Å². The van der Waals surface area contributed by atoms with Crippen LogP contribution in [-0.4, -0.2) is 32.7 Å². The average Bonchev–Trinajstić information content (AvgIpc) is 2.30. The molecule has 4 nitrogen and oxygen atoms in total. The molecule has 17 heavy (non-hydrogen) atoms. The Kier molecular flexibility index (Phi) is 5.49. The summed E-state index contributed by atoms with van der Waals surface area (Å²) in [6.45, 7) is 5.43. The lowest BCUT2D eigenvalue weighted by atomic mass is 10.1. The number of nitrogens with one attached hydrogen (secondary N) is 2. The molecule has 0 aliphatic carbocycles. The number of ether oxygens (including phenoxy) is 1. The Balaban J connectivity index is 2.31. The predicted octanol–water partition coefficient (Wildman–Crippen LogP) is 1.02. The summed E-state index contributed by atoms with van der Waals surface area (Å²) in [7, 11) is 1.74. The Morgan fingerprint density at radius 1 is 1.35 bits per heavy atom. The van der Waals surface area contributed by atoms with Crippen molar-refractivity contribution in [2.24, 2.45) is 0 Å². The van der Waals surface area contributed by atoms with Crippen molar-refractivity contribution >= 4 is 5.91 Å². The van der Waals surface area contributed by atoms with Crippen molar-refractivity contribution in [3.05, 3.63) is 29.3 Å². The van der Waals surface area contributed by atoms with Crippen LogP contribution < -0.4 is 15.4 Å². The fourth-order valence-electron chi connectivity index (χ4n) is 1.46. The molecular weight excluding hydrogens is 216 g/mol. The molecule has 0 aliphatic rings. The van der Waals surface area contributed by atoms with Gasteiger partial charge in [-0.2, -0.15) is 0 Å². The topological polar surface area (TPSA) is 50.4 Å². The Hall–Kier alpha value is -1.55. The van der Waals surface area contributed by atoms with Gasteiger partial charge in [-0.1, -0.05) is 12.1 Å². The number of aryl methyl sites for hydroxylation is 1. The summed E-state index contributed by atoms with van der Waals surface area (Å²) in [6.07, 6.45) is 0. The Bertz CT molecular complexity index is 378. The molecule has 0 radical (unpaired) electrons. The van der Waals surface area contributed by atoms with Crippen LogP contribution in [0.4, 0.5) is 0 Å². The monoisotopic (exact) mass is 236 g/mol. The molecular formula is C13H20N2O2. The molecule has 1 rings (SSSR count). The maximum Gasteiger partial charge on any atom is 0.234 e. The molecule has 1 amide bonds. The van der Waals surface area contributed by atoms with Gasteiger partial charge in [0.1, 0.15) is 12.4 Å². The molecule has 2 N–H and O–H groups in total. The number of likely N-dealkylation sites (N-methyl/N-ethyl adjacent to an activating group) is 1. The standard InChI is InChI=1S/C13H20N2O2/c1-10-5-4-6-12(11(10)2)17-8-7-15-13(16)9-14-3/h4-6,14H,7-9H2,1-3H3,(H,15,16). The van der Waals surface area contributed by atoms with Crippen LogP contribution in [-0.2, 0) is 4.79 Å². The molecule has 0 aliphatic heterocycles. The maximum absolute atomic E-state index is 11.1. The van der Waals surface area contributed by atoms with Crippen LogP contribution in [0.5, 0.6) is 5.75 Å². The molecule has 0 spiro atoms. The van der Waals surface area contributed by atoms with Gasteiger partial charge >= 0.3 is 0 Å². The van der Waals surface area contributed by atoms with Crippen molar-refractivity contribution in [3.63, 3.8) is 0 Å². The lowest BCUT2D eigenvalue weighted by Gasteiger charge is -2.11. The normalized spacial score (nSPS) is 10.1. The van der Waals surface area contributed by atoms with E-state index in [4.69, 9.17) is 4.74 Å². The van der Waals surface area contributed by atoms with Gasteiger partial charge in [-0.15, -0.1) is 0 Å². The Morgan fingerprint density at radius 2 is 2.12 bits per heavy atom. The average molecular weight is 236 g/mol. The van der Waals surface area contributed by atoms with Crippen molar-refractivity contribution in [2.45, 2.75) is 13.8 Å². The lowest BCUT2D eigenvalue weighted by molar-refractivity contribution is -0.120. The summed E-state index contributed by atoms with van der Waals surface area (Å²) in [5.74, 6) is 0.866. The third kappa shape index (κ3) is 4.44. The molecule has 0 saturated heterocycles. The van der Waals surface area contributed by atoms with Gasteiger partial charge in [0, 0.05) is 0 Å². The van der Waals surface area contributed by atoms with Gasteiger partial charge in [-0.25, -0.2) is 0 Å². The summed E-state index contributed by atoms with van der Waals surface area (Å²) in [4.78, 5) is 11.1. The first-order valence-corrected chi connectivity index (χ1v) is 5.75. The van der Waals surface area contributed by atoms with E-state index in [0.717, 1.165) is 11.3 Å². The second-order valence-electron chi connectivity index (χ2n) is 3.93. The van der Waals surface area contributed by atoms with Crippen LogP contribution in [0.1, 0.15) is 11.1 Å². The van der Waals surface area contributed by atoms with E-state index in [9.17, 15) is 4.79 Å². The summed E-state index contributed by atoms with van der Waals surface area (Å²) >= 11 is 0. The van der Waals surface area contributed by atoms with Gasteiger partial charge in [0.25, 0.3) is 0 Å². The summed E-state index contributed by atoms with van der Waals surface area (Å²) in [5, 5.41) is 5.55. The molecule has 0 fully saturated rings. The molecule has 0 heterocycles. The third-order valence-electron chi connectivity index (χ3n) is 2.57. The molecule has 4 heteroatoms. The zero-order valence-corrected chi connectivity index (χ0v) is 10.7. The van der Waals surface area contributed by atoms with Gasteiger partial charge < -0.3 is 15.4 Å². The SMILES string of the molecule is CNCC(=O)NCCOc1cccc(C)c1C. The zero-order chi connectivity index (χ0) is 12.7. The van der Waals surface area contributed by atoms with Crippen LogP contribution in [0.2, 0.25) is 0 Å². The van der Waals surface area contributed by atoms with Crippen molar-refractivity contribution in [3.8, 4) is 5.75 Å². The van der Waals surface area contributed by atoms with Crippen molar-refractivity contribution in [2.75, 3.05) is 26.7 Å².